The van der Waals surface area contributed by atoms with E-state index >= 15 is 0 Å². The van der Waals surface area contributed by atoms with Crippen molar-refractivity contribution in [3.05, 3.63) is 0 Å². The van der Waals surface area contributed by atoms with Gasteiger partial charge in [0.2, 0.25) is 0 Å². The number of nitrogens with one attached hydrogen (secondary N) is 2. The van der Waals surface area contributed by atoms with Gasteiger partial charge in [-0.1, -0.05) is 0 Å². The molecule has 2 N–H and O–H groups in total. The number of hydrogen-bond acceptors (Lipinski definition) is 5. The van der Waals surface area contributed by atoms with Crippen molar-refractivity contribution in [3.8, 4) is 0 Å². The van der Waals surface area contributed by atoms with Crippen molar-refractivity contribution in [1.29, 1.82) is 0 Å². The minimum Gasteiger partial charge on any atom is -0.379 e. The first-order valence-electron chi connectivity index (χ1n) is 4.52. The zero-order chi connectivity index (χ0) is 10.1. The lowest BCUT2D eigenvalue weighted by Crippen LogP contribution is -2.35. The van der Waals surface area contributed by atoms with Crippen molar-refractivity contribution in [3.63, 3.8) is 0 Å². The molecule has 0 atom stereocenters. The lowest BCUT2D eigenvalue weighted by molar-refractivity contribution is 0.110. The second-order valence-corrected chi connectivity index (χ2v) is 3.22. The fourth-order valence-corrected chi connectivity index (χ4v) is 0.785. The van der Waals surface area contributed by atoms with E-state index in [4.69, 9.17) is 4.74 Å². The minimum atomic E-state index is 0.743. The van der Waals surface area contributed by atoms with Crippen LogP contribution in [-0.4, -0.2) is 64.5 Å². The van der Waals surface area contributed by atoms with Gasteiger partial charge in [-0.15, -0.1) is 0 Å². The van der Waals surface area contributed by atoms with E-state index < -0.39 is 0 Å². The SMILES string of the molecule is CN(C)NCCOCCNN(C)C. The van der Waals surface area contributed by atoms with E-state index in [1.54, 1.807) is 0 Å². The van der Waals surface area contributed by atoms with Gasteiger partial charge >= 0.3 is 0 Å². The van der Waals surface area contributed by atoms with Crippen LogP contribution in [-0.2, 0) is 4.74 Å². The molecule has 0 aliphatic rings. The first-order valence-corrected chi connectivity index (χ1v) is 4.52. The second-order valence-electron chi connectivity index (χ2n) is 3.22. The fraction of sp³-hybridized carbons (Fsp3) is 1.00. The standard InChI is InChI=1S/C8H22N4O/c1-11(2)9-5-7-13-8-6-10-12(3)4/h9-10H,5-8H2,1-4H3. The lowest BCUT2D eigenvalue weighted by Gasteiger charge is -2.13. The van der Waals surface area contributed by atoms with Crippen LogP contribution < -0.4 is 10.9 Å². The molecule has 0 fully saturated rings. The maximum Gasteiger partial charge on any atom is 0.0605 e. The third-order valence-electron chi connectivity index (χ3n) is 1.35. The minimum absolute atomic E-state index is 0.743. The van der Waals surface area contributed by atoms with E-state index in [0.717, 1.165) is 26.3 Å². The molecule has 0 saturated carbocycles. The van der Waals surface area contributed by atoms with Gasteiger partial charge in [-0.3, -0.25) is 20.9 Å². The molecule has 13 heavy (non-hydrogen) atoms. The Kier molecular flexibility index (Phi) is 8.27. The number of ether oxygens (including phenoxy) is 1. The van der Waals surface area contributed by atoms with Crippen molar-refractivity contribution < 1.29 is 4.74 Å². The summed E-state index contributed by atoms with van der Waals surface area (Å²) in [6, 6.07) is 0. The third kappa shape index (κ3) is 11.8. The largest absolute Gasteiger partial charge is 0.379 e. The summed E-state index contributed by atoms with van der Waals surface area (Å²) in [4.78, 5) is 0. The molecule has 0 spiro atoms. The monoisotopic (exact) mass is 190 g/mol. The van der Waals surface area contributed by atoms with E-state index in [-0.39, 0.29) is 0 Å². The van der Waals surface area contributed by atoms with Gasteiger partial charge in [-0.05, 0) is 0 Å². The molecule has 0 rings (SSSR count). The van der Waals surface area contributed by atoms with Crippen LogP contribution in [0.4, 0.5) is 0 Å². The third-order valence-corrected chi connectivity index (χ3v) is 1.35. The Morgan fingerprint density at radius 1 is 0.846 bits per heavy atom. The van der Waals surface area contributed by atoms with Gasteiger partial charge in [-0.2, -0.15) is 0 Å². The van der Waals surface area contributed by atoms with Crippen LogP contribution in [0.3, 0.4) is 0 Å². The van der Waals surface area contributed by atoms with Crippen molar-refractivity contribution >= 4 is 0 Å². The summed E-state index contributed by atoms with van der Waals surface area (Å²) >= 11 is 0. The molecule has 0 saturated heterocycles. The zero-order valence-electron chi connectivity index (χ0n) is 9.13. The van der Waals surface area contributed by atoms with Gasteiger partial charge in [-0.25, -0.2) is 0 Å². The molecule has 0 aromatic carbocycles. The number of nitrogens with zero attached hydrogens (tertiary/aromatic N) is 2. The molecule has 0 radical (unpaired) electrons. The Labute approximate surface area is 81.0 Å². The topological polar surface area (TPSA) is 39.8 Å². The van der Waals surface area contributed by atoms with E-state index in [2.05, 4.69) is 10.9 Å². The maximum atomic E-state index is 5.36. The molecule has 0 aromatic heterocycles. The Morgan fingerprint density at radius 3 is 1.54 bits per heavy atom. The first kappa shape index (κ1) is 12.8. The predicted molar refractivity (Wildman–Crippen MR) is 54.2 cm³/mol. The van der Waals surface area contributed by atoms with Crippen LogP contribution >= 0.6 is 0 Å². The number of hydrogen-bond donors (Lipinski definition) is 2. The highest BCUT2D eigenvalue weighted by molar-refractivity contribution is 4.40. The van der Waals surface area contributed by atoms with Crippen LogP contribution in [0.25, 0.3) is 0 Å². The number of rotatable bonds is 8. The van der Waals surface area contributed by atoms with Crippen LogP contribution in [0.2, 0.25) is 0 Å². The molecule has 80 valence electrons. The molecular formula is C8H22N4O. The highest BCUT2D eigenvalue weighted by Crippen LogP contribution is 1.73. The van der Waals surface area contributed by atoms with Crippen LogP contribution in [0.5, 0.6) is 0 Å². The summed E-state index contributed by atoms with van der Waals surface area (Å²) in [6.07, 6.45) is 0. The molecule has 0 amide bonds. The highest BCUT2D eigenvalue weighted by atomic mass is 16.5. The maximum absolute atomic E-state index is 5.36. The summed E-state index contributed by atoms with van der Waals surface area (Å²) in [5, 5.41) is 3.84. The zero-order valence-corrected chi connectivity index (χ0v) is 9.13. The van der Waals surface area contributed by atoms with Gasteiger partial charge in [0.15, 0.2) is 0 Å². The van der Waals surface area contributed by atoms with E-state index in [0.29, 0.717) is 0 Å². The van der Waals surface area contributed by atoms with Gasteiger partial charge < -0.3 is 4.74 Å². The molecule has 0 aromatic rings. The van der Waals surface area contributed by atoms with Crippen LogP contribution in [0.1, 0.15) is 0 Å². The van der Waals surface area contributed by atoms with Gasteiger partial charge in [0.1, 0.15) is 0 Å². The molecule has 0 heterocycles. The quantitative estimate of drug-likeness (QED) is 0.385. The Bertz CT molecular complexity index is 96.3. The van der Waals surface area contributed by atoms with Crippen molar-refractivity contribution in [2.24, 2.45) is 0 Å². The molecule has 0 aliphatic heterocycles. The Balaban J connectivity index is 2.92. The molecule has 0 aliphatic carbocycles. The Morgan fingerprint density at radius 2 is 1.23 bits per heavy atom. The second kappa shape index (κ2) is 8.40. The van der Waals surface area contributed by atoms with E-state index in [1.165, 1.54) is 0 Å². The summed E-state index contributed by atoms with van der Waals surface area (Å²) in [5.41, 5.74) is 6.25. The predicted octanol–water partition coefficient (Wildman–Crippen LogP) is -0.865. The van der Waals surface area contributed by atoms with Crippen LogP contribution in [0, 0.1) is 0 Å². The molecule has 0 bridgehead atoms. The highest BCUT2D eigenvalue weighted by Gasteiger charge is 1.90. The van der Waals surface area contributed by atoms with Crippen molar-refractivity contribution in [1.82, 2.24) is 20.9 Å². The summed E-state index contributed by atoms with van der Waals surface area (Å²) in [7, 11) is 7.86. The number of hydrazine groups is 2. The summed E-state index contributed by atoms with van der Waals surface area (Å²) in [5.74, 6) is 0. The van der Waals surface area contributed by atoms with Crippen LogP contribution in [0.15, 0.2) is 0 Å². The summed E-state index contributed by atoms with van der Waals surface area (Å²) in [6.45, 7) is 3.20. The average Bonchev–Trinajstić information content (AvgIpc) is 2.01. The van der Waals surface area contributed by atoms with Crippen molar-refractivity contribution in [2.75, 3.05) is 54.5 Å². The molecule has 5 heteroatoms. The Hall–Kier alpha value is -0.200. The molecule has 0 unspecified atom stereocenters. The van der Waals surface area contributed by atoms with Gasteiger partial charge in [0.25, 0.3) is 0 Å². The molecule has 5 nitrogen and oxygen atoms in total. The van der Waals surface area contributed by atoms with Crippen molar-refractivity contribution in [2.45, 2.75) is 0 Å². The smallest absolute Gasteiger partial charge is 0.0605 e. The molecular weight excluding hydrogens is 168 g/mol. The average molecular weight is 190 g/mol. The normalized spacial score (nSPS) is 11.5. The fourth-order valence-electron chi connectivity index (χ4n) is 0.785. The lowest BCUT2D eigenvalue weighted by atomic mass is 10.6. The van der Waals surface area contributed by atoms with E-state index in [1.807, 2.05) is 38.2 Å². The summed E-state index contributed by atoms with van der Waals surface area (Å²) < 4.78 is 5.36. The van der Waals surface area contributed by atoms with E-state index in [9.17, 15) is 0 Å². The van der Waals surface area contributed by atoms with Gasteiger partial charge in [0.05, 0.1) is 13.2 Å². The first-order chi connectivity index (χ1) is 6.13. The van der Waals surface area contributed by atoms with Gasteiger partial charge in [0, 0.05) is 41.3 Å².